The summed E-state index contributed by atoms with van der Waals surface area (Å²) >= 11 is 0. The van der Waals surface area contributed by atoms with Crippen molar-refractivity contribution in [2.45, 2.75) is 0 Å². The van der Waals surface area contributed by atoms with Crippen LogP contribution in [-0.4, -0.2) is 7.69 Å². The summed E-state index contributed by atoms with van der Waals surface area (Å²) in [5.41, 5.74) is 10.1. The highest BCUT2D eigenvalue weighted by molar-refractivity contribution is 6.24. The molecule has 0 fully saturated rings. The number of benzene rings is 6. The van der Waals surface area contributed by atoms with Gasteiger partial charge in [0.05, 0.1) is 0 Å². The predicted octanol–water partition coefficient (Wildman–Crippen LogP) is 8.28. The summed E-state index contributed by atoms with van der Waals surface area (Å²) in [4.78, 5) is 0. The molecule has 2 aliphatic rings. The molecule has 1 radical (unpaired) electrons. The Morgan fingerprint density at radius 2 is 0.714 bits per heavy atom. The highest BCUT2D eigenvalue weighted by Crippen LogP contribution is 2.50. The third-order valence-corrected chi connectivity index (χ3v) is 7.37. The maximum absolute atomic E-state index is 6.10. The van der Waals surface area contributed by atoms with E-state index in [-0.39, 0.29) is 0 Å². The molecule has 0 atom stereocenters. The van der Waals surface area contributed by atoms with E-state index in [4.69, 9.17) is 9.31 Å². The summed E-state index contributed by atoms with van der Waals surface area (Å²) < 4.78 is 12.2. The summed E-state index contributed by atoms with van der Waals surface area (Å²) in [6, 6.07) is 38.3. The standard InChI is InChI=1S/C32H18BO2/c1-3-9-21-19(7-1)23-11-5-13-27-29(17-15-25(21)31(23)27)34-33-35-30-18-16-26-22-10-4-2-8-20(22)24-12-6-14-28(30)32(24)26/h1-18H. The smallest absolute Gasteiger partial charge is 0.526 e. The minimum atomic E-state index is 0.789. The van der Waals surface area contributed by atoms with Crippen molar-refractivity contribution in [3.8, 4) is 56.0 Å². The fourth-order valence-corrected chi connectivity index (χ4v) is 5.90. The van der Waals surface area contributed by atoms with Crippen LogP contribution in [-0.2, 0) is 0 Å². The Labute approximate surface area is 203 Å². The molecule has 0 saturated carbocycles. The van der Waals surface area contributed by atoms with Gasteiger partial charge in [0.25, 0.3) is 0 Å². The average Bonchev–Trinajstić information content (AvgIpc) is 3.42. The highest BCUT2D eigenvalue weighted by atomic mass is 16.6. The molecule has 8 rings (SSSR count). The molecule has 3 heteroatoms. The lowest BCUT2D eigenvalue weighted by Gasteiger charge is -2.13. The van der Waals surface area contributed by atoms with Crippen LogP contribution in [0.15, 0.2) is 109 Å². The van der Waals surface area contributed by atoms with E-state index in [2.05, 4.69) is 97.1 Å². The maximum atomic E-state index is 6.10. The summed E-state index contributed by atoms with van der Waals surface area (Å²) in [7, 11) is 1.46. The fourth-order valence-electron chi connectivity index (χ4n) is 5.90. The maximum Gasteiger partial charge on any atom is 0.658 e. The number of rotatable bonds is 4. The van der Waals surface area contributed by atoms with Gasteiger partial charge in [0, 0.05) is 21.5 Å². The molecule has 0 amide bonds. The molecule has 0 aromatic heterocycles. The molecule has 2 aliphatic carbocycles. The minimum Gasteiger partial charge on any atom is -0.526 e. The average molecular weight is 445 g/mol. The van der Waals surface area contributed by atoms with Crippen LogP contribution in [0.3, 0.4) is 0 Å². The van der Waals surface area contributed by atoms with E-state index in [1.807, 2.05) is 12.1 Å². The van der Waals surface area contributed by atoms with Gasteiger partial charge >= 0.3 is 7.69 Å². The van der Waals surface area contributed by atoms with Crippen molar-refractivity contribution >= 4 is 29.2 Å². The van der Waals surface area contributed by atoms with E-state index in [0.717, 1.165) is 22.3 Å². The van der Waals surface area contributed by atoms with E-state index in [1.165, 1.54) is 63.0 Å². The third-order valence-electron chi connectivity index (χ3n) is 7.37. The minimum absolute atomic E-state index is 0.789. The van der Waals surface area contributed by atoms with E-state index in [9.17, 15) is 0 Å². The topological polar surface area (TPSA) is 18.5 Å². The van der Waals surface area contributed by atoms with Gasteiger partial charge in [-0.15, -0.1) is 0 Å². The van der Waals surface area contributed by atoms with Crippen LogP contribution in [0.1, 0.15) is 0 Å². The number of fused-ring (bicyclic) bond motifs is 6. The quantitative estimate of drug-likeness (QED) is 0.254. The van der Waals surface area contributed by atoms with E-state index >= 15 is 0 Å². The van der Waals surface area contributed by atoms with Crippen LogP contribution >= 0.6 is 0 Å². The number of hydrogen-bond acceptors (Lipinski definition) is 2. The Hall–Kier alpha value is -4.50. The molecular formula is C32H18BO2. The SMILES string of the molecule is [B](Oc1ccc2c3c(cccc13)-c1ccccc1-2)Oc1ccc2c3c(cccc13)-c1ccccc1-2. The molecule has 0 N–H and O–H groups in total. The van der Waals surface area contributed by atoms with Crippen molar-refractivity contribution < 1.29 is 9.31 Å². The molecule has 6 aromatic carbocycles. The van der Waals surface area contributed by atoms with Gasteiger partial charge < -0.3 is 9.31 Å². The summed E-state index contributed by atoms with van der Waals surface area (Å²) in [6.45, 7) is 0. The zero-order valence-corrected chi connectivity index (χ0v) is 18.8. The monoisotopic (exact) mass is 445 g/mol. The van der Waals surface area contributed by atoms with Crippen molar-refractivity contribution in [1.29, 1.82) is 0 Å². The molecule has 0 saturated heterocycles. The molecule has 2 nitrogen and oxygen atoms in total. The van der Waals surface area contributed by atoms with Crippen molar-refractivity contribution in [3.63, 3.8) is 0 Å². The fraction of sp³-hybridized carbons (Fsp3) is 0. The van der Waals surface area contributed by atoms with Gasteiger partial charge in [-0.05, 0) is 56.6 Å². The second-order valence-electron chi connectivity index (χ2n) is 9.10. The van der Waals surface area contributed by atoms with Crippen LogP contribution in [0, 0.1) is 0 Å². The molecule has 0 bridgehead atoms. The third kappa shape index (κ3) is 2.55. The first-order valence-corrected chi connectivity index (χ1v) is 11.8. The summed E-state index contributed by atoms with van der Waals surface area (Å²) in [5.74, 6) is 1.58. The largest absolute Gasteiger partial charge is 0.658 e. The Bertz CT molecular complexity index is 1640. The Morgan fingerprint density at radius 1 is 0.343 bits per heavy atom. The second kappa shape index (κ2) is 7.00. The van der Waals surface area contributed by atoms with Crippen LogP contribution < -0.4 is 9.31 Å². The Balaban J connectivity index is 1.14. The van der Waals surface area contributed by atoms with Gasteiger partial charge in [-0.25, -0.2) is 0 Å². The molecule has 161 valence electrons. The Kier molecular flexibility index (Phi) is 3.78. The lowest BCUT2D eigenvalue weighted by atomic mass is 10.0. The molecular weight excluding hydrogens is 427 g/mol. The molecule has 0 aliphatic heterocycles. The summed E-state index contributed by atoms with van der Waals surface area (Å²) in [6.07, 6.45) is 0. The van der Waals surface area contributed by atoms with Gasteiger partial charge in [0.15, 0.2) is 0 Å². The van der Waals surface area contributed by atoms with Crippen molar-refractivity contribution in [2.24, 2.45) is 0 Å². The first-order chi connectivity index (χ1) is 17.4. The lowest BCUT2D eigenvalue weighted by molar-refractivity contribution is 0.465. The van der Waals surface area contributed by atoms with Crippen LogP contribution in [0.25, 0.3) is 66.1 Å². The van der Waals surface area contributed by atoms with Gasteiger partial charge in [-0.3, -0.25) is 0 Å². The lowest BCUT2D eigenvalue weighted by Crippen LogP contribution is -2.11. The van der Waals surface area contributed by atoms with Crippen LogP contribution in [0.2, 0.25) is 0 Å². The van der Waals surface area contributed by atoms with Gasteiger partial charge in [-0.1, -0.05) is 97.1 Å². The van der Waals surface area contributed by atoms with E-state index in [1.54, 1.807) is 0 Å². The zero-order valence-electron chi connectivity index (χ0n) is 18.8. The molecule has 0 unspecified atom stereocenters. The predicted molar refractivity (Wildman–Crippen MR) is 144 cm³/mol. The van der Waals surface area contributed by atoms with Crippen molar-refractivity contribution in [2.75, 3.05) is 0 Å². The van der Waals surface area contributed by atoms with E-state index in [0.29, 0.717) is 0 Å². The first-order valence-electron chi connectivity index (χ1n) is 11.8. The zero-order chi connectivity index (χ0) is 22.9. The van der Waals surface area contributed by atoms with Gasteiger partial charge in [0.2, 0.25) is 0 Å². The van der Waals surface area contributed by atoms with Gasteiger partial charge in [0.1, 0.15) is 11.5 Å². The molecule has 35 heavy (non-hydrogen) atoms. The molecule has 0 heterocycles. The molecule has 0 spiro atoms. The summed E-state index contributed by atoms with van der Waals surface area (Å²) in [5, 5.41) is 4.66. The van der Waals surface area contributed by atoms with Crippen molar-refractivity contribution in [3.05, 3.63) is 109 Å². The van der Waals surface area contributed by atoms with Crippen LogP contribution in [0.5, 0.6) is 11.5 Å². The normalized spacial score (nSPS) is 12.0. The Morgan fingerprint density at radius 3 is 1.14 bits per heavy atom. The first kappa shape index (κ1) is 18.9. The van der Waals surface area contributed by atoms with Crippen molar-refractivity contribution in [1.82, 2.24) is 0 Å². The van der Waals surface area contributed by atoms with E-state index < -0.39 is 0 Å². The molecule has 6 aromatic rings. The second-order valence-corrected chi connectivity index (χ2v) is 9.10. The van der Waals surface area contributed by atoms with Crippen LogP contribution in [0.4, 0.5) is 0 Å². The van der Waals surface area contributed by atoms with Gasteiger partial charge in [-0.2, -0.15) is 0 Å². The highest BCUT2D eigenvalue weighted by Gasteiger charge is 2.24. The number of hydrogen-bond donors (Lipinski definition) is 0.